The van der Waals surface area contributed by atoms with E-state index in [9.17, 15) is 26.4 Å². The van der Waals surface area contributed by atoms with E-state index in [0.29, 0.717) is 10.7 Å². The second kappa shape index (κ2) is 10.3. The third-order valence-electron chi connectivity index (χ3n) is 5.30. The Labute approximate surface area is 197 Å². The third kappa shape index (κ3) is 5.96. The van der Waals surface area contributed by atoms with Crippen molar-refractivity contribution in [1.82, 2.24) is 5.32 Å². The first-order chi connectivity index (χ1) is 16.0. The standard InChI is InChI=1S/C25H25F3N2O3S/c1-3-23(19-8-5-4-6-9-19)29-24(31)17-30(21-11-7-10-20(16-21)25(26,27)28)34(32,33)22-14-12-18(2)13-15-22/h4-16,23H,3,17H2,1-2H3,(H,29,31)/t23-/m1/s1. The molecule has 0 aliphatic heterocycles. The summed E-state index contributed by atoms with van der Waals surface area (Å²) in [5.41, 5.74) is 0.393. The number of rotatable bonds is 8. The number of nitrogens with zero attached hydrogens (tertiary/aromatic N) is 1. The topological polar surface area (TPSA) is 66.5 Å². The summed E-state index contributed by atoms with van der Waals surface area (Å²) in [6.45, 7) is 2.97. The van der Waals surface area contributed by atoms with Crippen LogP contribution < -0.4 is 9.62 Å². The molecule has 0 spiro atoms. The van der Waals surface area contributed by atoms with Crippen LogP contribution in [0.5, 0.6) is 0 Å². The van der Waals surface area contributed by atoms with Gasteiger partial charge in [0.15, 0.2) is 0 Å². The molecule has 0 saturated carbocycles. The molecule has 0 saturated heterocycles. The number of hydrogen-bond acceptors (Lipinski definition) is 3. The summed E-state index contributed by atoms with van der Waals surface area (Å²) in [5, 5.41) is 2.79. The molecule has 0 radical (unpaired) electrons. The second-order valence-corrected chi connectivity index (χ2v) is 9.67. The summed E-state index contributed by atoms with van der Waals surface area (Å²) in [5.74, 6) is -0.635. The Morgan fingerprint density at radius 3 is 2.21 bits per heavy atom. The van der Waals surface area contributed by atoms with Gasteiger partial charge in [0.25, 0.3) is 10.0 Å². The van der Waals surface area contributed by atoms with Crippen molar-refractivity contribution in [3.63, 3.8) is 0 Å². The van der Waals surface area contributed by atoms with Crippen molar-refractivity contribution in [3.8, 4) is 0 Å². The van der Waals surface area contributed by atoms with Crippen LogP contribution in [0.2, 0.25) is 0 Å². The third-order valence-corrected chi connectivity index (χ3v) is 7.09. The van der Waals surface area contributed by atoms with Crippen molar-refractivity contribution in [1.29, 1.82) is 0 Å². The molecule has 0 heterocycles. The minimum absolute atomic E-state index is 0.126. The van der Waals surface area contributed by atoms with E-state index in [1.165, 1.54) is 18.2 Å². The van der Waals surface area contributed by atoms with Gasteiger partial charge < -0.3 is 5.32 Å². The predicted octanol–water partition coefficient (Wildman–Crippen LogP) is 5.48. The lowest BCUT2D eigenvalue weighted by Crippen LogP contribution is -2.42. The van der Waals surface area contributed by atoms with Gasteiger partial charge in [-0.15, -0.1) is 0 Å². The van der Waals surface area contributed by atoms with Gasteiger partial charge in [-0.3, -0.25) is 9.10 Å². The minimum Gasteiger partial charge on any atom is -0.348 e. The van der Waals surface area contributed by atoms with Crippen molar-refractivity contribution in [2.24, 2.45) is 0 Å². The zero-order valence-electron chi connectivity index (χ0n) is 18.7. The fraction of sp³-hybridized carbons (Fsp3) is 0.240. The Balaban J connectivity index is 1.98. The van der Waals surface area contributed by atoms with E-state index in [2.05, 4.69) is 5.32 Å². The molecule has 0 aliphatic rings. The maximum Gasteiger partial charge on any atom is 0.416 e. The summed E-state index contributed by atoms with van der Waals surface area (Å²) in [6.07, 6.45) is -4.12. The summed E-state index contributed by atoms with van der Waals surface area (Å²) < 4.78 is 67.5. The summed E-state index contributed by atoms with van der Waals surface area (Å²) in [6, 6.07) is 18.6. The van der Waals surface area contributed by atoms with Gasteiger partial charge in [-0.1, -0.05) is 61.0 Å². The molecular weight excluding hydrogens is 465 g/mol. The van der Waals surface area contributed by atoms with E-state index < -0.39 is 34.2 Å². The van der Waals surface area contributed by atoms with Gasteiger partial charge in [0.05, 0.1) is 22.2 Å². The molecule has 3 aromatic carbocycles. The van der Waals surface area contributed by atoms with Crippen LogP contribution in [0.15, 0.2) is 83.8 Å². The Bertz CT molecular complexity index is 1230. The molecule has 180 valence electrons. The largest absolute Gasteiger partial charge is 0.416 e. The number of carbonyl (C=O) groups excluding carboxylic acids is 1. The van der Waals surface area contributed by atoms with E-state index in [1.54, 1.807) is 19.1 Å². The first-order valence-corrected chi connectivity index (χ1v) is 12.1. The molecule has 0 unspecified atom stereocenters. The average Bonchev–Trinajstić information content (AvgIpc) is 2.81. The fourth-order valence-corrected chi connectivity index (χ4v) is 4.88. The van der Waals surface area contributed by atoms with E-state index in [0.717, 1.165) is 29.3 Å². The Morgan fingerprint density at radius 2 is 1.62 bits per heavy atom. The zero-order valence-corrected chi connectivity index (χ0v) is 19.5. The molecule has 0 aliphatic carbocycles. The van der Waals surface area contributed by atoms with Crippen LogP contribution in [0.3, 0.4) is 0 Å². The van der Waals surface area contributed by atoms with Gasteiger partial charge in [0.1, 0.15) is 6.54 Å². The zero-order chi connectivity index (χ0) is 24.9. The average molecular weight is 491 g/mol. The number of aryl methyl sites for hydroxylation is 1. The summed E-state index contributed by atoms with van der Waals surface area (Å²) in [7, 11) is -4.33. The van der Waals surface area contributed by atoms with Crippen LogP contribution in [-0.4, -0.2) is 20.9 Å². The molecule has 0 aromatic heterocycles. The maximum atomic E-state index is 13.4. The van der Waals surface area contributed by atoms with Crippen molar-refractivity contribution >= 4 is 21.6 Å². The fourth-order valence-electron chi connectivity index (χ4n) is 3.47. The molecule has 5 nitrogen and oxygen atoms in total. The minimum atomic E-state index is -4.67. The number of hydrogen-bond donors (Lipinski definition) is 1. The van der Waals surface area contributed by atoms with Crippen molar-refractivity contribution < 1.29 is 26.4 Å². The number of sulfonamides is 1. The molecule has 3 aromatic rings. The van der Waals surface area contributed by atoms with E-state index in [4.69, 9.17) is 0 Å². The Morgan fingerprint density at radius 1 is 0.971 bits per heavy atom. The monoisotopic (exact) mass is 490 g/mol. The first kappa shape index (κ1) is 25.3. The molecular formula is C25H25F3N2O3S. The number of halogens is 3. The molecule has 34 heavy (non-hydrogen) atoms. The number of anilines is 1. The molecule has 0 bridgehead atoms. The van der Waals surface area contributed by atoms with Gasteiger partial charge in [0, 0.05) is 0 Å². The number of amides is 1. The molecule has 0 fully saturated rings. The number of benzene rings is 3. The van der Waals surface area contributed by atoms with Crippen molar-refractivity contribution in [2.45, 2.75) is 37.4 Å². The highest BCUT2D eigenvalue weighted by molar-refractivity contribution is 7.92. The van der Waals surface area contributed by atoms with Gasteiger partial charge in [-0.05, 0) is 49.2 Å². The van der Waals surface area contributed by atoms with Gasteiger partial charge in [-0.2, -0.15) is 13.2 Å². The predicted molar refractivity (Wildman–Crippen MR) is 125 cm³/mol. The SMILES string of the molecule is CC[C@@H](NC(=O)CN(c1cccc(C(F)(F)F)c1)S(=O)(=O)c1ccc(C)cc1)c1ccccc1. The number of carbonyl (C=O) groups is 1. The van der Waals surface area contributed by atoms with Crippen molar-refractivity contribution in [2.75, 3.05) is 10.8 Å². The van der Waals surface area contributed by atoms with Gasteiger partial charge in [0.2, 0.25) is 5.91 Å². The smallest absolute Gasteiger partial charge is 0.348 e. The van der Waals surface area contributed by atoms with Gasteiger partial charge >= 0.3 is 6.18 Å². The molecule has 1 atom stereocenters. The molecule has 1 N–H and O–H groups in total. The Kier molecular flexibility index (Phi) is 7.66. The maximum absolute atomic E-state index is 13.4. The van der Waals surface area contributed by atoms with Crippen LogP contribution in [0.4, 0.5) is 18.9 Å². The van der Waals surface area contributed by atoms with Crippen LogP contribution in [0.1, 0.15) is 36.1 Å². The van der Waals surface area contributed by atoms with Crippen LogP contribution in [0, 0.1) is 6.92 Å². The first-order valence-electron chi connectivity index (χ1n) is 10.6. The Hall–Kier alpha value is -3.33. The summed E-state index contributed by atoms with van der Waals surface area (Å²) in [4.78, 5) is 12.8. The highest BCUT2D eigenvalue weighted by Crippen LogP contribution is 2.33. The number of nitrogens with one attached hydrogen (secondary N) is 1. The molecule has 3 rings (SSSR count). The van der Waals surface area contributed by atoms with E-state index in [-0.39, 0.29) is 16.6 Å². The van der Waals surface area contributed by atoms with Gasteiger partial charge in [-0.25, -0.2) is 8.42 Å². The van der Waals surface area contributed by atoms with Crippen molar-refractivity contribution in [3.05, 3.63) is 95.6 Å². The van der Waals surface area contributed by atoms with E-state index >= 15 is 0 Å². The number of alkyl halides is 3. The highest BCUT2D eigenvalue weighted by atomic mass is 32.2. The lowest BCUT2D eigenvalue weighted by molar-refractivity contribution is -0.137. The lowest BCUT2D eigenvalue weighted by Gasteiger charge is -2.26. The normalized spacial score (nSPS) is 12.7. The van der Waals surface area contributed by atoms with Crippen LogP contribution in [-0.2, 0) is 21.0 Å². The second-order valence-electron chi connectivity index (χ2n) is 7.81. The molecule has 9 heteroatoms. The molecule has 1 amide bonds. The van der Waals surface area contributed by atoms with E-state index in [1.807, 2.05) is 37.3 Å². The van der Waals surface area contributed by atoms with Crippen LogP contribution in [0.25, 0.3) is 0 Å². The highest BCUT2D eigenvalue weighted by Gasteiger charge is 2.33. The lowest BCUT2D eigenvalue weighted by atomic mass is 10.0. The summed E-state index contributed by atoms with van der Waals surface area (Å²) >= 11 is 0. The van der Waals surface area contributed by atoms with Crippen LogP contribution >= 0.6 is 0 Å². The quantitative estimate of drug-likeness (QED) is 0.455.